The van der Waals surface area contributed by atoms with E-state index in [0.717, 1.165) is 16.8 Å². The van der Waals surface area contributed by atoms with Crippen molar-refractivity contribution in [2.45, 2.75) is 32.1 Å². The molecule has 0 bridgehead atoms. The zero-order chi connectivity index (χ0) is 28.6. The number of alkyl halides is 2. The molecule has 1 atom stereocenters. The number of benzene rings is 3. The summed E-state index contributed by atoms with van der Waals surface area (Å²) in [6.07, 6.45) is -0.0662. The molecule has 0 saturated carbocycles. The predicted octanol–water partition coefficient (Wildman–Crippen LogP) is 5.73. The first-order chi connectivity index (χ1) is 19.5. The van der Waals surface area contributed by atoms with Crippen molar-refractivity contribution in [2.24, 2.45) is 0 Å². The normalized spacial score (nSPS) is 11.2. The minimum absolute atomic E-state index is 0.0133. The summed E-state index contributed by atoms with van der Waals surface area (Å²) in [6, 6.07) is 24.0. The van der Waals surface area contributed by atoms with E-state index in [1.807, 2.05) is 77.7 Å². The molecule has 3 rings (SSSR count). The SMILES string of the molecule is O=C(Nc1ccc(N(CCCl)CCCl)cc1)N[C@@H](CCC(=O)OCc1ccccc1)C(=O)OCc1ccccc1. The van der Waals surface area contributed by atoms with Gasteiger partial charge in [0.05, 0.1) is 0 Å². The van der Waals surface area contributed by atoms with Gasteiger partial charge in [0.1, 0.15) is 19.3 Å². The number of carbonyl (C=O) groups is 3. The lowest BCUT2D eigenvalue weighted by atomic mass is 10.1. The molecule has 0 saturated heterocycles. The molecule has 0 unspecified atom stereocenters. The Hall–Kier alpha value is -3.75. The maximum absolute atomic E-state index is 12.9. The van der Waals surface area contributed by atoms with Crippen molar-refractivity contribution in [1.29, 1.82) is 0 Å². The van der Waals surface area contributed by atoms with Crippen molar-refractivity contribution in [2.75, 3.05) is 35.1 Å². The Kier molecular flexibility index (Phi) is 13.1. The van der Waals surface area contributed by atoms with Crippen LogP contribution < -0.4 is 15.5 Å². The topological polar surface area (TPSA) is 97.0 Å². The van der Waals surface area contributed by atoms with E-state index in [0.29, 0.717) is 30.5 Å². The molecule has 8 nitrogen and oxygen atoms in total. The van der Waals surface area contributed by atoms with Gasteiger partial charge < -0.3 is 25.0 Å². The van der Waals surface area contributed by atoms with Crippen LogP contribution in [-0.2, 0) is 32.3 Å². The fourth-order valence-corrected chi connectivity index (χ4v) is 4.21. The number of amides is 2. The molecule has 10 heteroatoms. The molecule has 212 valence electrons. The van der Waals surface area contributed by atoms with E-state index in [1.54, 1.807) is 12.1 Å². The maximum Gasteiger partial charge on any atom is 0.329 e. The summed E-state index contributed by atoms with van der Waals surface area (Å²) in [5, 5.41) is 5.35. The standard InChI is InChI=1S/C30H33Cl2N3O5/c31-17-19-35(20-18-32)26-13-11-25(12-14-26)33-30(38)34-27(29(37)40-22-24-9-5-2-6-10-24)15-16-28(36)39-21-23-7-3-1-4-8-23/h1-14,27H,15-22H2,(H2,33,34,38)/t27-/m0/s1. The van der Waals surface area contributed by atoms with Crippen molar-refractivity contribution in [1.82, 2.24) is 5.32 Å². The Bertz CT molecular complexity index is 1190. The third-order valence-electron chi connectivity index (χ3n) is 5.89. The molecule has 0 fully saturated rings. The quantitative estimate of drug-likeness (QED) is 0.175. The highest BCUT2D eigenvalue weighted by Crippen LogP contribution is 2.18. The molecule has 3 aromatic carbocycles. The number of nitrogens with zero attached hydrogens (tertiary/aromatic N) is 1. The molecule has 3 aromatic rings. The highest BCUT2D eigenvalue weighted by molar-refractivity contribution is 6.18. The van der Waals surface area contributed by atoms with E-state index >= 15 is 0 Å². The van der Waals surface area contributed by atoms with Gasteiger partial charge in [0.2, 0.25) is 0 Å². The molecule has 40 heavy (non-hydrogen) atoms. The summed E-state index contributed by atoms with van der Waals surface area (Å²) in [7, 11) is 0. The molecule has 0 aliphatic heterocycles. The average Bonchev–Trinajstić information content (AvgIpc) is 2.98. The minimum Gasteiger partial charge on any atom is -0.461 e. The van der Waals surface area contributed by atoms with Gasteiger partial charge >= 0.3 is 18.0 Å². The Morgan fingerprint density at radius 2 is 1.30 bits per heavy atom. The summed E-state index contributed by atoms with van der Waals surface area (Å²) in [5.74, 6) is -0.217. The van der Waals surface area contributed by atoms with Gasteiger partial charge in [-0.2, -0.15) is 0 Å². The van der Waals surface area contributed by atoms with Gasteiger partial charge in [-0.05, 0) is 41.8 Å². The van der Waals surface area contributed by atoms with Crippen molar-refractivity contribution >= 4 is 52.5 Å². The number of anilines is 2. The van der Waals surface area contributed by atoms with E-state index in [-0.39, 0.29) is 26.1 Å². The molecule has 2 N–H and O–H groups in total. The fourth-order valence-electron chi connectivity index (χ4n) is 3.81. The second-order valence-corrected chi connectivity index (χ2v) is 9.60. The number of hydrogen-bond donors (Lipinski definition) is 2. The highest BCUT2D eigenvalue weighted by atomic mass is 35.5. The van der Waals surface area contributed by atoms with Crippen LogP contribution in [0.5, 0.6) is 0 Å². The second kappa shape index (κ2) is 17.0. The van der Waals surface area contributed by atoms with Gasteiger partial charge in [-0.3, -0.25) is 4.79 Å². The molecule has 0 aromatic heterocycles. The van der Waals surface area contributed by atoms with Crippen LogP contribution in [0.15, 0.2) is 84.9 Å². The molecule has 0 aliphatic rings. The lowest BCUT2D eigenvalue weighted by Crippen LogP contribution is -2.44. The lowest BCUT2D eigenvalue weighted by Gasteiger charge is -2.23. The first-order valence-electron chi connectivity index (χ1n) is 12.9. The van der Waals surface area contributed by atoms with Gasteiger partial charge in [-0.25, -0.2) is 9.59 Å². The number of urea groups is 1. The van der Waals surface area contributed by atoms with Crippen LogP contribution in [0.1, 0.15) is 24.0 Å². The van der Waals surface area contributed by atoms with Gasteiger partial charge in [0.25, 0.3) is 0 Å². The number of rotatable bonds is 15. The fraction of sp³-hybridized carbons (Fsp3) is 0.300. The van der Waals surface area contributed by atoms with Gasteiger partial charge in [0.15, 0.2) is 0 Å². The van der Waals surface area contributed by atoms with Gasteiger partial charge in [0, 0.05) is 42.6 Å². The smallest absolute Gasteiger partial charge is 0.329 e. The number of ether oxygens (including phenoxy) is 2. The molecule has 0 heterocycles. The Labute approximate surface area is 244 Å². The maximum atomic E-state index is 12.9. The van der Waals surface area contributed by atoms with Crippen LogP contribution in [0, 0.1) is 0 Å². The van der Waals surface area contributed by atoms with E-state index < -0.39 is 24.0 Å². The number of nitrogens with one attached hydrogen (secondary N) is 2. The zero-order valence-corrected chi connectivity index (χ0v) is 23.6. The number of esters is 2. The summed E-state index contributed by atoms with van der Waals surface area (Å²) in [4.78, 5) is 40.1. The van der Waals surface area contributed by atoms with Crippen molar-refractivity contribution in [3.63, 3.8) is 0 Å². The monoisotopic (exact) mass is 585 g/mol. The number of halogens is 2. The Morgan fingerprint density at radius 1 is 0.750 bits per heavy atom. The zero-order valence-electron chi connectivity index (χ0n) is 22.1. The van der Waals surface area contributed by atoms with Crippen LogP contribution in [0.2, 0.25) is 0 Å². The molecule has 0 aliphatic carbocycles. The second-order valence-electron chi connectivity index (χ2n) is 8.84. The lowest BCUT2D eigenvalue weighted by molar-refractivity contribution is -0.148. The predicted molar refractivity (Wildman–Crippen MR) is 158 cm³/mol. The molecular formula is C30H33Cl2N3O5. The van der Waals surface area contributed by atoms with Crippen LogP contribution in [0.4, 0.5) is 16.2 Å². The van der Waals surface area contributed by atoms with E-state index in [2.05, 4.69) is 10.6 Å². The summed E-state index contributed by atoms with van der Waals surface area (Å²) in [5.41, 5.74) is 3.10. The number of carbonyl (C=O) groups excluding carboxylic acids is 3. The summed E-state index contributed by atoms with van der Waals surface area (Å²) < 4.78 is 10.7. The Morgan fingerprint density at radius 3 is 1.85 bits per heavy atom. The van der Waals surface area contributed by atoms with E-state index in [1.165, 1.54) is 0 Å². The first-order valence-corrected chi connectivity index (χ1v) is 14.0. The highest BCUT2D eigenvalue weighted by Gasteiger charge is 2.24. The molecular weight excluding hydrogens is 553 g/mol. The van der Waals surface area contributed by atoms with E-state index in [9.17, 15) is 14.4 Å². The van der Waals surface area contributed by atoms with E-state index in [4.69, 9.17) is 32.7 Å². The first kappa shape index (κ1) is 30.8. The Balaban J connectivity index is 1.58. The minimum atomic E-state index is -1.06. The summed E-state index contributed by atoms with van der Waals surface area (Å²) >= 11 is 11.8. The average molecular weight is 587 g/mol. The molecule has 2 amide bonds. The van der Waals surface area contributed by atoms with Gasteiger partial charge in [-0.15, -0.1) is 23.2 Å². The summed E-state index contributed by atoms with van der Waals surface area (Å²) in [6.45, 7) is 1.45. The van der Waals surface area contributed by atoms with Crippen LogP contribution >= 0.6 is 23.2 Å². The molecule has 0 spiro atoms. The van der Waals surface area contributed by atoms with Crippen molar-refractivity contribution < 1.29 is 23.9 Å². The van der Waals surface area contributed by atoms with Crippen LogP contribution in [0.25, 0.3) is 0 Å². The third-order valence-corrected chi connectivity index (χ3v) is 6.23. The van der Waals surface area contributed by atoms with Gasteiger partial charge in [-0.1, -0.05) is 60.7 Å². The number of hydrogen-bond acceptors (Lipinski definition) is 6. The van der Waals surface area contributed by atoms with Crippen LogP contribution in [0.3, 0.4) is 0 Å². The van der Waals surface area contributed by atoms with Crippen LogP contribution in [-0.4, -0.2) is 48.9 Å². The van der Waals surface area contributed by atoms with Crippen molar-refractivity contribution in [3.05, 3.63) is 96.1 Å². The molecule has 0 radical (unpaired) electrons. The largest absolute Gasteiger partial charge is 0.461 e. The van der Waals surface area contributed by atoms with Crippen molar-refractivity contribution in [3.8, 4) is 0 Å². The third kappa shape index (κ3) is 10.8.